The number of rotatable bonds is 14. The number of imide groups is 2. The van der Waals surface area contributed by atoms with Crippen molar-refractivity contribution in [1.82, 2.24) is 15.1 Å². The molecule has 1 saturated carbocycles. The van der Waals surface area contributed by atoms with Gasteiger partial charge in [-0.1, -0.05) is 42.5 Å². The summed E-state index contributed by atoms with van der Waals surface area (Å²) in [5.41, 5.74) is 5.52. The van der Waals surface area contributed by atoms with Gasteiger partial charge in [0.25, 0.3) is 23.4 Å². The van der Waals surface area contributed by atoms with Gasteiger partial charge in [0.2, 0.25) is 11.8 Å². The number of piperidine rings is 1. The Bertz CT molecular complexity index is 2520. The predicted molar refractivity (Wildman–Crippen MR) is 234 cm³/mol. The van der Waals surface area contributed by atoms with Crippen molar-refractivity contribution in [1.29, 1.82) is 0 Å². The van der Waals surface area contributed by atoms with E-state index in [4.69, 9.17) is 9.47 Å². The molecule has 4 aromatic rings. The molecule has 1 unspecified atom stereocenters. The zero-order chi connectivity index (χ0) is 43.6. The van der Waals surface area contributed by atoms with Gasteiger partial charge in [-0.15, -0.1) is 0 Å². The second kappa shape index (κ2) is 17.8. The van der Waals surface area contributed by atoms with Gasteiger partial charge in [0, 0.05) is 87.5 Å². The molecular weight excluding hydrogens is 805 g/mol. The quantitative estimate of drug-likeness (QED) is 0.0537. The molecule has 1 atom stereocenters. The number of nitro groups is 1. The lowest BCUT2D eigenvalue weighted by Crippen LogP contribution is -2.54. The maximum absolute atomic E-state index is 13.6. The minimum Gasteiger partial charge on any atom is -0.490 e. The van der Waals surface area contributed by atoms with E-state index in [1.165, 1.54) is 12.1 Å². The molecule has 2 saturated heterocycles. The van der Waals surface area contributed by atoms with Crippen LogP contribution < -0.4 is 19.9 Å². The van der Waals surface area contributed by atoms with E-state index in [2.05, 4.69) is 15.1 Å². The van der Waals surface area contributed by atoms with Crippen molar-refractivity contribution in [3.8, 4) is 5.75 Å². The first-order valence-electron chi connectivity index (χ1n) is 21.3. The van der Waals surface area contributed by atoms with E-state index in [0.29, 0.717) is 24.3 Å². The Balaban J connectivity index is 0.681. The summed E-state index contributed by atoms with van der Waals surface area (Å²) in [6.07, 6.45) is 8.42. The van der Waals surface area contributed by atoms with Crippen molar-refractivity contribution in [2.45, 2.75) is 56.9 Å². The van der Waals surface area contributed by atoms with Crippen molar-refractivity contribution in [2.75, 3.05) is 49.1 Å². The fraction of sp³-hybridized carbons (Fsp3) is 0.312. The van der Waals surface area contributed by atoms with Crippen LogP contribution in [0.25, 0.3) is 11.6 Å². The van der Waals surface area contributed by atoms with Crippen LogP contribution in [0.3, 0.4) is 0 Å². The Kier molecular flexibility index (Phi) is 11.7. The number of amides is 5. The summed E-state index contributed by atoms with van der Waals surface area (Å²) in [6, 6.07) is 26.1. The van der Waals surface area contributed by atoms with E-state index in [1.807, 2.05) is 60.7 Å². The number of non-ortho nitro benzene ring substituents is 1. The summed E-state index contributed by atoms with van der Waals surface area (Å²) < 4.78 is 12.4. The maximum Gasteiger partial charge on any atom is 0.269 e. The number of benzene rings is 4. The van der Waals surface area contributed by atoms with E-state index in [9.17, 15) is 34.1 Å². The minimum absolute atomic E-state index is 0.0267. The first-order chi connectivity index (χ1) is 30.6. The molecular formula is C48H46N6O9. The van der Waals surface area contributed by atoms with E-state index in [0.717, 1.165) is 90.7 Å². The highest BCUT2D eigenvalue weighted by Crippen LogP contribution is 2.38. The third-order valence-corrected chi connectivity index (χ3v) is 12.4. The fourth-order valence-corrected chi connectivity index (χ4v) is 8.81. The average Bonchev–Trinajstić information content (AvgIpc) is 3.68. The van der Waals surface area contributed by atoms with Crippen LogP contribution in [-0.2, 0) is 25.7 Å². The number of anilines is 2. The zero-order valence-electron chi connectivity index (χ0n) is 34.5. The number of hydrogen-bond donors (Lipinski definition) is 1. The van der Waals surface area contributed by atoms with Crippen LogP contribution in [0, 0.1) is 10.1 Å². The number of nitro benzene ring substituents is 1. The van der Waals surface area contributed by atoms with Gasteiger partial charge >= 0.3 is 0 Å². The number of carbonyl (C=O) groups excluding carboxylic acids is 5. The zero-order valence-corrected chi connectivity index (χ0v) is 34.5. The summed E-state index contributed by atoms with van der Waals surface area (Å²) >= 11 is 0. The summed E-state index contributed by atoms with van der Waals surface area (Å²) in [4.78, 5) is 81.9. The lowest BCUT2D eigenvalue weighted by Gasteiger charge is -2.37. The predicted octanol–water partition coefficient (Wildman–Crippen LogP) is 5.78. The molecule has 9 rings (SSSR count). The highest BCUT2D eigenvalue weighted by Gasteiger charge is 2.45. The standard InChI is InChI=1S/C48H46N6O9/c55-44-20-19-43(45(56)49-44)53-47(58)40-18-15-34(27-41(40)48(53)59)51-24-22-50(23-25-51)21-4-26-62-36-28-37(29-36)63-35-16-11-32(12-17-35)30-52-42-8-2-1-6-38(42)39(46(52)57)7-3-5-31-9-13-33(14-10-31)54(60)61/h1-3,5-18,27,36-37,43H,4,19-26,28-30H2,(H,49,55,56)/b5-3+,39-7-. The molecule has 4 aliphatic heterocycles. The number of ether oxygens (including phenoxy) is 2. The molecule has 63 heavy (non-hydrogen) atoms. The van der Waals surface area contributed by atoms with Crippen LogP contribution >= 0.6 is 0 Å². The first-order valence-corrected chi connectivity index (χ1v) is 21.3. The molecule has 5 amide bonds. The second-order valence-corrected chi connectivity index (χ2v) is 16.4. The summed E-state index contributed by atoms with van der Waals surface area (Å²) in [5, 5.41) is 13.2. The van der Waals surface area contributed by atoms with Crippen molar-refractivity contribution in [3.63, 3.8) is 0 Å². The molecule has 0 spiro atoms. The van der Waals surface area contributed by atoms with Gasteiger partial charge in [-0.25, -0.2) is 0 Å². The lowest BCUT2D eigenvalue weighted by atomic mass is 9.92. The highest BCUT2D eigenvalue weighted by molar-refractivity contribution is 6.32. The van der Waals surface area contributed by atoms with Gasteiger partial charge in [0.05, 0.1) is 34.4 Å². The van der Waals surface area contributed by atoms with Crippen LogP contribution in [0.15, 0.2) is 103 Å². The molecule has 4 heterocycles. The molecule has 4 aromatic carbocycles. The van der Waals surface area contributed by atoms with Crippen LogP contribution in [0.5, 0.6) is 5.75 Å². The Morgan fingerprint density at radius 3 is 2.29 bits per heavy atom. The van der Waals surface area contributed by atoms with Gasteiger partial charge in [0.1, 0.15) is 17.9 Å². The number of nitrogens with zero attached hydrogens (tertiary/aromatic N) is 5. The van der Waals surface area contributed by atoms with E-state index < -0.39 is 34.6 Å². The summed E-state index contributed by atoms with van der Waals surface area (Å²) in [7, 11) is 0. The number of para-hydroxylation sites is 1. The Morgan fingerprint density at radius 2 is 1.54 bits per heavy atom. The second-order valence-electron chi connectivity index (χ2n) is 16.4. The van der Waals surface area contributed by atoms with Crippen molar-refractivity contribution in [3.05, 3.63) is 141 Å². The first kappa shape index (κ1) is 41.4. The Labute approximate surface area is 363 Å². The largest absolute Gasteiger partial charge is 0.490 e. The van der Waals surface area contributed by atoms with Crippen LogP contribution in [0.4, 0.5) is 17.1 Å². The third kappa shape index (κ3) is 8.74. The number of piperazine rings is 1. The van der Waals surface area contributed by atoms with Gasteiger partial charge in [-0.05, 0) is 78.6 Å². The molecule has 5 aliphatic rings. The minimum atomic E-state index is -0.980. The maximum atomic E-state index is 13.6. The highest BCUT2D eigenvalue weighted by atomic mass is 16.6. The topological polar surface area (TPSA) is 172 Å². The van der Waals surface area contributed by atoms with E-state index in [-0.39, 0.29) is 42.2 Å². The molecule has 322 valence electrons. The van der Waals surface area contributed by atoms with Crippen LogP contribution in [0.1, 0.15) is 69.5 Å². The fourth-order valence-electron chi connectivity index (χ4n) is 8.81. The summed E-state index contributed by atoms with van der Waals surface area (Å²) in [6.45, 7) is 5.25. The molecule has 0 aromatic heterocycles. The molecule has 1 aliphatic carbocycles. The molecule has 15 heteroatoms. The van der Waals surface area contributed by atoms with Gasteiger partial charge in [-0.2, -0.15) is 0 Å². The number of carbonyl (C=O) groups is 5. The molecule has 3 fully saturated rings. The summed E-state index contributed by atoms with van der Waals surface area (Å²) in [5.74, 6) is -1.33. The van der Waals surface area contributed by atoms with Gasteiger partial charge in [0.15, 0.2) is 0 Å². The molecule has 0 radical (unpaired) electrons. The lowest BCUT2D eigenvalue weighted by molar-refractivity contribution is -0.384. The van der Waals surface area contributed by atoms with Crippen molar-refractivity contribution >= 4 is 58.2 Å². The Hall–Kier alpha value is -6.97. The molecule has 15 nitrogen and oxygen atoms in total. The van der Waals surface area contributed by atoms with Gasteiger partial charge < -0.3 is 19.3 Å². The molecule has 0 bridgehead atoms. The third-order valence-electron chi connectivity index (χ3n) is 12.4. The number of allylic oxidation sites excluding steroid dienone is 2. The smallest absolute Gasteiger partial charge is 0.269 e. The van der Waals surface area contributed by atoms with Crippen molar-refractivity contribution < 1.29 is 38.4 Å². The SMILES string of the molecule is O=C1CCC(N2C(=O)c3ccc(N4CCN(CCCOC5CC(Oc6ccc(CN7C(=O)/C(=C\C=C\c8ccc([N+](=O)[O-])cc8)c8ccccc87)cc6)C5)CC4)cc3C2=O)C(=O)N1. The average molecular weight is 851 g/mol. The van der Waals surface area contributed by atoms with Crippen LogP contribution in [-0.4, -0.2) is 102 Å². The number of fused-ring (bicyclic) bond motifs is 2. The number of hydrogen-bond acceptors (Lipinski definition) is 11. The Morgan fingerprint density at radius 1 is 0.794 bits per heavy atom. The number of nitrogens with one attached hydrogen (secondary N) is 1. The van der Waals surface area contributed by atoms with E-state index >= 15 is 0 Å². The van der Waals surface area contributed by atoms with E-state index in [1.54, 1.807) is 41.3 Å². The molecule has 1 N–H and O–H groups in total. The van der Waals surface area contributed by atoms with Crippen LogP contribution in [0.2, 0.25) is 0 Å². The normalized spacial score (nSPS) is 21.8. The van der Waals surface area contributed by atoms with Gasteiger partial charge in [-0.3, -0.25) is 49.2 Å². The van der Waals surface area contributed by atoms with Crippen molar-refractivity contribution in [2.24, 2.45) is 0 Å². The monoisotopic (exact) mass is 850 g/mol.